The van der Waals surface area contributed by atoms with Crippen molar-refractivity contribution in [2.24, 2.45) is 0 Å². The summed E-state index contributed by atoms with van der Waals surface area (Å²) in [5, 5.41) is 11.8. The third kappa shape index (κ3) is 4.74. The molecule has 0 N–H and O–H groups in total. The van der Waals surface area contributed by atoms with Gasteiger partial charge < -0.3 is 9.64 Å². The van der Waals surface area contributed by atoms with Gasteiger partial charge in [-0.2, -0.15) is 0 Å². The van der Waals surface area contributed by atoms with Crippen LogP contribution in [0, 0.1) is 6.92 Å². The Bertz CT molecular complexity index is 1300. The highest BCUT2D eigenvalue weighted by Gasteiger charge is 2.23. The van der Waals surface area contributed by atoms with Crippen LogP contribution in [0.5, 0.6) is 5.75 Å². The molecule has 0 spiro atoms. The Balaban J connectivity index is 1.41. The van der Waals surface area contributed by atoms with Crippen LogP contribution in [0.1, 0.15) is 22.9 Å². The van der Waals surface area contributed by atoms with Crippen molar-refractivity contribution in [2.45, 2.75) is 32.0 Å². The minimum absolute atomic E-state index is 0.125. The number of ether oxygens (including phenoxy) is 1. The summed E-state index contributed by atoms with van der Waals surface area (Å²) in [5.74, 6) is 2.02. The van der Waals surface area contributed by atoms with E-state index in [-0.39, 0.29) is 5.91 Å². The average molecular weight is 491 g/mol. The number of aryl methyl sites for hydroxylation is 1. The summed E-state index contributed by atoms with van der Waals surface area (Å²) < 4.78 is 7.63. The number of carbonyl (C=O) groups excluding carboxylic acids is 1. The third-order valence-corrected chi connectivity index (χ3v) is 7.74. The highest BCUT2D eigenvalue weighted by Crippen LogP contribution is 2.30. The lowest BCUT2D eigenvalue weighted by Gasteiger charge is -2.26. The summed E-state index contributed by atoms with van der Waals surface area (Å²) in [6, 6.07) is 18.2. The molecule has 0 saturated heterocycles. The van der Waals surface area contributed by atoms with Crippen molar-refractivity contribution in [3.63, 3.8) is 0 Å². The predicted molar refractivity (Wildman–Crippen MR) is 137 cm³/mol. The number of rotatable bonds is 7. The maximum Gasteiger partial charge on any atom is 0.233 e. The van der Waals surface area contributed by atoms with Crippen LogP contribution in [-0.2, 0) is 17.8 Å². The van der Waals surface area contributed by atoms with E-state index in [0.29, 0.717) is 24.1 Å². The first kappa shape index (κ1) is 22.7. The smallest absolute Gasteiger partial charge is 0.233 e. The standard InChI is InChI=1S/C26H26N4O2S2/c1-3-32-22-9-7-21(8-10-22)30-25(19-6-4-5-18(2)15-19)27-28-26(30)34-17-24(31)29-13-11-23-20(16-29)12-14-33-23/h4-10,12,14-15H,3,11,13,16-17H2,1-2H3. The predicted octanol–water partition coefficient (Wildman–Crippen LogP) is 5.38. The number of benzene rings is 2. The lowest BCUT2D eigenvalue weighted by Crippen LogP contribution is -2.36. The van der Waals surface area contributed by atoms with Crippen LogP contribution in [-0.4, -0.2) is 44.5 Å². The molecule has 0 bridgehead atoms. The van der Waals surface area contributed by atoms with Crippen LogP contribution in [0.3, 0.4) is 0 Å². The van der Waals surface area contributed by atoms with Crippen molar-refractivity contribution >= 4 is 29.0 Å². The molecule has 5 rings (SSSR count). The van der Waals surface area contributed by atoms with E-state index in [1.807, 2.05) is 52.8 Å². The first-order valence-electron chi connectivity index (χ1n) is 11.3. The molecule has 1 amide bonds. The Kier molecular flexibility index (Phi) is 6.69. The third-order valence-electron chi connectivity index (χ3n) is 5.80. The fourth-order valence-electron chi connectivity index (χ4n) is 4.10. The molecule has 0 unspecified atom stereocenters. The molecular formula is C26H26N4O2S2. The number of amides is 1. The van der Waals surface area contributed by atoms with Crippen molar-refractivity contribution in [2.75, 3.05) is 18.9 Å². The van der Waals surface area contributed by atoms with Gasteiger partial charge in [0, 0.05) is 29.2 Å². The summed E-state index contributed by atoms with van der Waals surface area (Å²) in [5.41, 5.74) is 4.34. The van der Waals surface area contributed by atoms with Crippen LogP contribution in [0.2, 0.25) is 0 Å². The molecule has 2 aromatic carbocycles. The number of aromatic nitrogens is 3. The Morgan fingerprint density at radius 3 is 2.79 bits per heavy atom. The van der Waals surface area contributed by atoms with Gasteiger partial charge in [0.2, 0.25) is 5.91 Å². The highest BCUT2D eigenvalue weighted by atomic mass is 32.2. The number of fused-ring (bicyclic) bond motifs is 1. The van der Waals surface area contributed by atoms with E-state index in [2.05, 4.69) is 40.7 Å². The second-order valence-electron chi connectivity index (χ2n) is 8.16. The van der Waals surface area contributed by atoms with Crippen LogP contribution in [0.15, 0.2) is 65.1 Å². The molecule has 2 aromatic heterocycles. The van der Waals surface area contributed by atoms with Crippen molar-refractivity contribution in [1.29, 1.82) is 0 Å². The summed E-state index contributed by atoms with van der Waals surface area (Å²) >= 11 is 3.21. The molecular weight excluding hydrogens is 464 g/mol. The van der Waals surface area contributed by atoms with Gasteiger partial charge in [-0.3, -0.25) is 9.36 Å². The first-order chi connectivity index (χ1) is 16.6. The van der Waals surface area contributed by atoms with Gasteiger partial charge in [0.05, 0.1) is 12.4 Å². The SMILES string of the molecule is CCOc1ccc(-n2c(SCC(=O)N3CCc4sccc4C3)nnc2-c2cccc(C)c2)cc1. The van der Waals surface area contributed by atoms with Gasteiger partial charge in [-0.15, -0.1) is 21.5 Å². The molecule has 0 atom stereocenters. The second kappa shape index (κ2) is 10.0. The van der Waals surface area contributed by atoms with E-state index >= 15 is 0 Å². The average Bonchev–Trinajstić information content (AvgIpc) is 3.50. The monoisotopic (exact) mass is 490 g/mol. The molecule has 1 aliphatic rings. The van der Waals surface area contributed by atoms with Gasteiger partial charge in [-0.25, -0.2) is 0 Å². The normalized spacial score (nSPS) is 13.1. The summed E-state index contributed by atoms with van der Waals surface area (Å²) in [4.78, 5) is 16.4. The molecule has 6 nitrogen and oxygen atoms in total. The molecule has 0 saturated carbocycles. The summed E-state index contributed by atoms with van der Waals surface area (Å²) in [6.07, 6.45) is 0.934. The van der Waals surface area contributed by atoms with Gasteiger partial charge in [-0.05, 0) is 67.6 Å². The largest absolute Gasteiger partial charge is 0.494 e. The lowest BCUT2D eigenvalue weighted by atomic mass is 10.1. The van der Waals surface area contributed by atoms with Gasteiger partial charge in [0.15, 0.2) is 11.0 Å². The van der Waals surface area contributed by atoms with E-state index in [1.54, 1.807) is 11.3 Å². The minimum Gasteiger partial charge on any atom is -0.494 e. The molecule has 4 aromatic rings. The van der Waals surface area contributed by atoms with Crippen molar-refractivity contribution in [1.82, 2.24) is 19.7 Å². The van der Waals surface area contributed by atoms with E-state index < -0.39 is 0 Å². The van der Waals surface area contributed by atoms with Gasteiger partial charge in [0.1, 0.15) is 5.75 Å². The highest BCUT2D eigenvalue weighted by molar-refractivity contribution is 7.99. The zero-order chi connectivity index (χ0) is 23.5. The second-order valence-corrected chi connectivity index (χ2v) is 10.1. The van der Waals surface area contributed by atoms with Crippen LogP contribution >= 0.6 is 23.1 Å². The number of nitrogens with zero attached hydrogens (tertiary/aromatic N) is 4. The fourth-order valence-corrected chi connectivity index (χ4v) is 5.85. The topological polar surface area (TPSA) is 60.2 Å². The molecule has 8 heteroatoms. The van der Waals surface area contributed by atoms with E-state index in [0.717, 1.165) is 41.4 Å². The minimum atomic E-state index is 0.125. The number of hydrogen-bond donors (Lipinski definition) is 0. The molecule has 0 aliphatic carbocycles. The van der Waals surface area contributed by atoms with Crippen LogP contribution in [0.25, 0.3) is 17.1 Å². The Morgan fingerprint density at radius 1 is 1.15 bits per heavy atom. The van der Waals surface area contributed by atoms with E-state index in [9.17, 15) is 4.79 Å². The lowest BCUT2D eigenvalue weighted by molar-refractivity contribution is -0.129. The molecule has 3 heterocycles. The Labute approximate surface area is 207 Å². The Hall–Kier alpha value is -3.10. The zero-order valence-electron chi connectivity index (χ0n) is 19.2. The zero-order valence-corrected chi connectivity index (χ0v) is 20.9. The molecule has 0 fully saturated rings. The number of thiophene rings is 1. The van der Waals surface area contributed by atoms with Crippen LogP contribution in [0.4, 0.5) is 0 Å². The summed E-state index contributed by atoms with van der Waals surface area (Å²) in [6.45, 7) is 6.11. The van der Waals surface area contributed by atoms with Crippen molar-refractivity contribution in [3.8, 4) is 22.8 Å². The van der Waals surface area contributed by atoms with Gasteiger partial charge >= 0.3 is 0 Å². The van der Waals surface area contributed by atoms with Gasteiger partial charge in [0.25, 0.3) is 0 Å². The number of thioether (sulfide) groups is 1. The van der Waals surface area contributed by atoms with E-state index in [1.165, 1.54) is 22.2 Å². The van der Waals surface area contributed by atoms with Crippen molar-refractivity contribution < 1.29 is 9.53 Å². The first-order valence-corrected chi connectivity index (χ1v) is 13.2. The molecule has 1 aliphatic heterocycles. The maximum atomic E-state index is 13.0. The van der Waals surface area contributed by atoms with E-state index in [4.69, 9.17) is 4.74 Å². The van der Waals surface area contributed by atoms with Crippen molar-refractivity contribution in [3.05, 3.63) is 76.0 Å². The maximum absolute atomic E-state index is 13.0. The number of hydrogen-bond acceptors (Lipinski definition) is 6. The Morgan fingerprint density at radius 2 is 2.00 bits per heavy atom. The summed E-state index contributed by atoms with van der Waals surface area (Å²) in [7, 11) is 0. The van der Waals surface area contributed by atoms with Crippen LogP contribution < -0.4 is 4.74 Å². The molecule has 174 valence electrons. The number of carbonyl (C=O) groups is 1. The fraction of sp³-hybridized carbons (Fsp3) is 0.269. The quantitative estimate of drug-likeness (QED) is 0.326. The molecule has 34 heavy (non-hydrogen) atoms. The van der Waals surface area contributed by atoms with Gasteiger partial charge in [-0.1, -0.05) is 35.5 Å². The molecule has 0 radical (unpaired) electrons.